The van der Waals surface area contributed by atoms with E-state index in [4.69, 9.17) is 0 Å². The molecule has 0 saturated carbocycles. The van der Waals surface area contributed by atoms with Gasteiger partial charge in [-0.15, -0.1) is 0 Å². The third kappa shape index (κ3) is 9.00. The second-order valence-corrected chi connectivity index (χ2v) is 10.6. The quantitative estimate of drug-likeness (QED) is 0.225. The van der Waals surface area contributed by atoms with Gasteiger partial charge in [0, 0.05) is 12.0 Å². The van der Waals surface area contributed by atoms with Crippen LogP contribution in [-0.4, -0.2) is 16.0 Å². The summed E-state index contributed by atoms with van der Waals surface area (Å²) in [7, 11) is 0. The third-order valence-corrected chi connectivity index (χ3v) is 7.16. The average molecular weight is 445 g/mol. The van der Waals surface area contributed by atoms with Crippen LogP contribution in [0.15, 0.2) is 11.6 Å². The van der Waals surface area contributed by atoms with Crippen LogP contribution in [0.2, 0.25) is 0 Å². The Morgan fingerprint density at radius 2 is 1.28 bits per heavy atom. The minimum absolute atomic E-state index is 0.184. The lowest BCUT2D eigenvalue weighted by atomic mass is 9.91. The Kier molecular flexibility index (Phi) is 12.1. The van der Waals surface area contributed by atoms with Crippen LogP contribution in [0.1, 0.15) is 108 Å². The number of Topliss-reactive ketones (excluding diaryl/α,β-unsaturated/α-hetero) is 1. The maximum Gasteiger partial charge on any atom is 0.158 e. The van der Waals surface area contributed by atoms with Gasteiger partial charge in [-0.3, -0.25) is 4.79 Å². The molecule has 2 unspecified atom stereocenters. The van der Waals surface area contributed by atoms with E-state index in [2.05, 4.69) is 27.7 Å². The highest BCUT2D eigenvalue weighted by molar-refractivity contribution is 5.94. The van der Waals surface area contributed by atoms with Gasteiger partial charge in [0.25, 0.3) is 0 Å². The van der Waals surface area contributed by atoms with Gasteiger partial charge in [0.1, 0.15) is 11.5 Å². The Morgan fingerprint density at radius 1 is 0.781 bits per heavy atom. The standard InChI is InChI=1S/C29H48O3/c1-19(2)11-9-12-20(3)13-10-14-21(4)15-18-27(30)22(5)16-17-26-25(8)28(31)23(6)24(7)29(26)32/h16,19-21,31-32H,9-15,17-18H2,1-8H3/b22-16+. The molecular formula is C29H48O3. The van der Waals surface area contributed by atoms with Crippen LogP contribution in [0.4, 0.5) is 0 Å². The third-order valence-electron chi connectivity index (χ3n) is 7.16. The van der Waals surface area contributed by atoms with Crippen LogP contribution in [0.5, 0.6) is 11.5 Å². The molecule has 0 spiro atoms. The second-order valence-electron chi connectivity index (χ2n) is 10.6. The molecule has 0 bridgehead atoms. The molecule has 0 radical (unpaired) electrons. The Bertz CT molecular complexity index is 744. The van der Waals surface area contributed by atoms with Gasteiger partial charge in [0.15, 0.2) is 5.78 Å². The van der Waals surface area contributed by atoms with Crippen molar-refractivity contribution in [2.45, 2.75) is 113 Å². The first-order chi connectivity index (χ1) is 15.0. The van der Waals surface area contributed by atoms with Gasteiger partial charge >= 0.3 is 0 Å². The van der Waals surface area contributed by atoms with Crippen molar-refractivity contribution in [2.24, 2.45) is 17.8 Å². The molecular weight excluding hydrogens is 396 g/mol. The molecule has 3 heteroatoms. The topological polar surface area (TPSA) is 57.5 Å². The molecule has 3 nitrogen and oxygen atoms in total. The van der Waals surface area contributed by atoms with E-state index >= 15 is 0 Å². The summed E-state index contributed by atoms with van der Waals surface area (Å²) in [4.78, 5) is 12.6. The van der Waals surface area contributed by atoms with Crippen molar-refractivity contribution < 1.29 is 15.0 Å². The number of benzene rings is 1. The molecule has 1 aromatic rings. The fourth-order valence-electron chi connectivity index (χ4n) is 4.35. The van der Waals surface area contributed by atoms with Crippen molar-refractivity contribution in [1.29, 1.82) is 0 Å². The molecule has 182 valence electrons. The Morgan fingerprint density at radius 3 is 1.84 bits per heavy atom. The van der Waals surface area contributed by atoms with Gasteiger partial charge in [-0.25, -0.2) is 0 Å². The molecule has 2 N–H and O–H groups in total. The number of aromatic hydroxyl groups is 2. The number of hydrogen-bond donors (Lipinski definition) is 2. The molecule has 0 saturated heterocycles. The number of phenols is 2. The molecule has 2 atom stereocenters. The summed E-state index contributed by atoms with van der Waals surface area (Å²) in [5.41, 5.74) is 3.54. The predicted molar refractivity (Wildman–Crippen MR) is 137 cm³/mol. The molecule has 1 aromatic carbocycles. The van der Waals surface area contributed by atoms with Crippen molar-refractivity contribution >= 4 is 5.78 Å². The second kappa shape index (κ2) is 13.7. The number of ketones is 1. The molecule has 0 aliphatic heterocycles. The van der Waals surface area contributed by atoms with E-state index in [9.17, 15) is 15.0 Å². The summed E-state index contributed by atoms with van der Waals surface area (Å²) in [6.45, 7) is 16.5. The zero-order valence-corrected chi connectivity index (χ0v) is 22.0. The first-order valence-electron chi connectivity index (χ1n) is 12.7. The van der Waals surface area contributed by atoms with Crippen LogP contribution in [0.25, 0.3) is 0 Å². The van der Waals surface area contributed by atoms with E-state index in [1.165, 1.54) is 38.5 Å². The van der Waals surface area contributed by atoms with Gasteiger partial charge < -0.3 is 10.2 Å². The van der Waals surface area contributed by atoms with Crippen molar-refractivity contribution in [3.05, 3.63) is 33.9 Å². The smallest absolute Gasteiger partial charge is 0.158 e. The lowest BCUT2D eigenvalue weighted by molar-refractivity contribution is -0.115. The highest BCUT2D eigenvalue weighted by Gasteiger charge is 2.16. The van der Waals surface area contributed by atoms with E-state index < -0.39 is 0 Å². The van der Waals surface area contributed by atoms with E-state index in [0.717, 1.165) is 23.8 Å². The van der Waals surface area contributed by atoms with Crippen molar-refractivity contribution in [1.82, 2.24) is 0 Å². The van der Waals surface area contributed by atoms with E-state index in [0.29, 0.717) is 41.0 Å². The van der Waals surface area contributed by atoms with Gasteiger partial charge in [-0.2, -0.15) is 0 Å². The first-order valence-corrected chi connectivity index (χ1v) is 12.7. The number of rotatable bonds is 14. The number of allylic oxidation sites excluding steroid dienone is 2. The maximum absolute atomic E-state index is 12.6. The fourth-order valence-corrected chi connectivity index (χ4v) is 4.35. The minimum atomic E-state index is 0.184. The minimum Gasteiger partial charge on any atom is -0.507 e. The van der Waals surface area contributed by atoms with Crippen molar-refractivity contribution in [3.63, 3.8) is 0 Å². The maximum atomic E-state index is 12.6. The highest BCUT2D eigenvalue weighted by Crippen LogP contribution is 2.36. The zero-order valence-electron chi connectivity index (χ0n) is 22.0. The molecule has 0 amide bonds. The van der Waals surface area contributed by atoms with E-state index in [-0.39, 0.29) is 17.3 Å². The predicted octanol–water partition coefficient (Wildman–Crippen LogP) is 8.13. The lowest BCUT2D eigenvalue weighted by Gasteiger charge is -2.15. The number of carbonyl (C=O) groups excluding carboxylic acids is 1. The summed E-state index contributed by atoms with van der Waals surface area (Å²) >= 11 is 0. The van der Waals surface area contributed by atoms with E-state index in [1.807, 2.05) is 26.8 Å². The van der Waals surface area contributed by atoms with Gasteiger partial charge in [0.2, 0.25) is 0 Å². The van der Waals surface area contributed by atoms with Crippen molar-refractivity contribution in [3.8, 4) is 11.5 Å². The lowest BCUT2D eigenvalue weighted by Crippen LogP contribution is -2.05. The number of carbonyl (C=O) groups is 1. The summed E-state index contributed by atoms with van der Waals surface area (Å²) in [5, 5.41) is 20.8. The summed E-state index contributed by atoms with van der Waals surface area (Å²) in [6, 6.07) is 0. The van der Waals surface area contributed by atoms with Crippen LogP contribution in [-0.2, 0) is 11.2 Å². The number of phenolic OH excluding ortho intramolecular Hbond substituents is 2. The van der Waals surface area contributed by atoms with Gasteiger partial charge in [-0.05, 0) is 80.6 Å². The largest absolute Gasteiger partial charge is 0.507 e. The normalized spacial score (nSPS) is 14.1. The Labute approximate surface area is 197 Å². The molecule has 0 aliphatic carbocycles. The molecule has 0 aromatic heterocycles. The Balaban J connectivity index is 2.45. The van der Waals surface area contributed by atoms with Crippen molar-refractivity contribution in [2.75, 3.05) is 0 Å². The fraction of sp³-hybridized carbons (Fsp3) is 0.690. The van der Waals surface area contributed by atoms with E-state index in [1.54, 1.807) is 6.92 Å². The Hall–Kier alpha value is -1.77. The molecule has 1 rings (SSSR count). The summed E-state index contributed by atoms with van der Waals surface area (Å²) in [5.74, 6) is 2.82. The zero-order chi connectivity index (χ0) is 24.4. The molecule has 0 aliphatic rings. The number of hydrogen-bond acceptors (Lipinski definition) is 3. The molecule has 0 heterocycles. The monoisotopic (exact) mass is 444 g/mol. The first kappa shape index (κ1) is 28.3. The van der Waals surface area contributed by atoms with Crippen LogP contribution < -0.4 is 0 Å². The van der Waals surface area contributed by atoms with Crippen LogP contribution >= 0.6 is 0 Å². The van der Waals surface area contributed by atoms with Crippen LogP contribution in [0.3, 0.4) is 0 Å². The SMILES string of the molecule is C/C(=C\Cc1c(C)c(O)c(C)c(C)c1O)C(=O)CCC(C)CCCC(C)CCCC(C)C. The molecule has 32 heavy (non-hydrogen) atoms. The molecule has 0 fully saturated rings. The summed E-state index contributed by atoms with van der Waals surface area (Å²) in [6.07, 6.45) is 11.6. The van der Waals surface area contributed by atoms with Gasteiger partial charge in [-0.1, -0.05) is 72.3 Å². The van der Waals surface area contributed by atoms with Crippen LogP contribution in [0, 0.1) is 38.5 Å². The average Bonchev–Trinajstić information content (AvgIpc) is 2.74. The van der Waals surface area contributed by atoms with Gasteiger partial charge in [0.05, 0.1) is 0 Å². The summed E-state index contributed by atoms with van der Waals surface area (Å²) < 4.78 is 0. The highest BCUT2D eigenvalue weighted by atomic mass is 16.3.